The van der Waals surface area contributed by atoms with Crippen molar-refractivity contribution in [2.75, 3.05) is 18.0 Å². The second-order valence-electron chi connectivity index (χ2n) is 6.34. The Bertz CT molecular complexity index is 833. The van der Waals surface area contributed by atoms with Gasteiger partial charge in [0.1, 0.15) is 5.52 Å². The predicted molar refractivity (Wildman–Crippen MR) is 104 cm³/mol. The molecule has 123 valence electrons. The quantitative estimate of drug-likeness (QED) is 0.569. The molecule has 2 nitrogen and oxygen atoms in total. The van der Waals surface area contributed by atoms with Gasteiger partial charge in [-0.25, -0.2) is 4.98 Å². The maximum atomic E-state index is 6.11. The SMILES string of the molecule is Clc1cc(Cl)cc(CC2CCN(c3cccc4s[c]nc34)CC2)c1. The Labute approximate surface area is 156 Å². The Kier molecular flexibility index (Phi) is 4.66. The van der Waals surface area contributed by atoms with Crippen molar-refractivity contribution in [3.63, 3.8) is 0 Å². The summed E-state index contributed by atoms with van der Waals surface area (Å²) in [6, 6.07) is 12.3. The molecule has 0 unspecified atom stereocenters. The molecule has 24 heavy (non-hydrogen) atoms. The summed E-state index contributed by atoms with van der Waals surface area (Å²) in [6.07, 6.45) is 3.39. The van der Waals surface area contributed by atoms with Crippen molar-refractivity contribution in [2.45, 2.75) is 19.3 Å². The monoisotopic (exact) mass is 375 g/mol. The Morgan fingerprint density at radius 2 is 1.88 bits per heavy atom. The summed E-state index contributed by atoms with van der Waals surface area (Å²) in [5.74, 6) is 0.678. The van der Waals surface area contributed by atoms with Crippen LogP contribution in [0.1, 0.15) is 18.4 Å². The smallest absolute Gasteiger partial charge is 0.153 e. The number of halogens is 2. The normalized spacial score (nSPS) is 16.0. The maximum Gasteiger partial charge on any atom is 0.153 e. The minimum absolute atomic E-state index is 0.678. The van der Waals surface area contributed by atoms with E-state index < -0.39 is 0 Å². The summed E-state index contributed by atoms with van der Waals surface area (Å²) in [7, 11) is 0. The van der Waals surface area contributed by atoms with E-state index in [0.29, 0.717) is 5.92 Å². The van der Waals surface area contributed by atoms with Crippen LogP contribution in [-0.2, 0) is 6.42 Å². The van der Waals surface area contributed by atoms with Crippen molar-refractivity contribution in [1.82, 2.24) is 4.98 Å². The molecule has 0 N–H and O–H groups in total. The van der Waals surface area contributed by atoms with Crippen molar-refractivity contribution in [2.24, 2.45) is 5.92 Å². The largest absolute Gasteiger partial charge is 0.370 e. The van der Waals surface area contributed by atoms with Crippen LogP contribution < -0.4 is 4.90 Å². The minimum Gasteiger partial charge on any atom is -0.370 e. The van der Waals surface area contributed by atoms with Gasteiger partial charge in [0.05, 0.1) is 10.4 Å². The van der Waals surface area contributed by atoms with Crippen LogP contribution in [0.3, 0.4) is 0 Å². The van der Waals surface area contributed by atoms with Gasteiger partial charge in [-0.15, -0.1) is 11.3 Å². The van der Waals surface area contributed by atoms with Gasteiger partial charge in [0.25, 0.3) is 0 Å². The third-order valence-corrected chi connectivity index (χ3v) is 5.86. The number of piperidine rings is 1. The average Bonchev–Trinajstić information content (AvgIpc) is 3.03. The Morgan fingerprint density at radius 1 is 1.12 bits per heavy atom. The first-order valence-corrected chi connectivity index (χ1v) is 9.72. The van der Waals surface area contributed by atoms with E-state index in [0.717, 1.165) is 35.1 Å². The number of hydrogen-bond acceptors (Lipinski definition) is 3. The van der Waals surface area contributed by atoms with Gasteiger partial charge in [-0.2, -0.15) is 0 Å². The first-order chi connectivity index (χ1) is 11.7. The van der Waals surface area contributed by atoms with Gasteiger partial charge in [0, 0.05) is 23.1 Å². The highest BCUT2D eigenvalue weighted by Gasteiger charge is 2.21. The summed E-state index contributed by atoms with van der Waals surface area (Å²) in [5, 5.41) is 1.45. The molecule has 3 aromatic rings. The van der Waals surface area contributed by atoms with E-state index in [4.69, 9.17) is 23.2 Å². The number of fused-ring (bicyclic) bond motifs is 1. The van der Waals surface area contributed by atoms with Crippen molar-refractivity contribution >= 4 is 50.4 Å². The van der Waals surface area contributed by atoms with E-state index in [1.807, 2.05) is 12.1 Å². The summed E-state index contributed by atoms with van der Waals surface area (Å²) >= 11 is 13.8. The molecule has 2 aromatic carbocycles. The molecule has 0 saturated carbocycles. The maximum absolute atomic E-state index is 6.11. The molecule has 5 heteroatoms. The highest BCUT2D eigenvalue weighted by Crippen LogP contribution is 2.32. The van der Waals surface area contributed by atoms with Crippen LogP contribution in [0.25, 0.3) is 10.2 Å². The zero-order valence-corrected chi connectivity index (χ0v) is 15.5. The fourth-order valence-corrected chi connectivity index (χ4v) is 4.72. The molecule has 1 aliphatic heterocycles. The lowest BCUT2D eigenvalue weighted by molar-refractivity contribution is 0.404. The summed E-state index contributed by atoms with van der Waals surface area (Å²) in [5.41, 5.74) is 6.58. The molecule has 1 aliphatic rings. The molecular formula is C19H17Cl2N2S. The summed E-state index contributed by atoms with van der Waals surface area (Å²) < 4.78 is 1.21. The number of rotatable bonds is 3. The molecule has 0 atom stereocenters. The number of anilines is 1. The second-order valence-corrected chi connectivity index (χ2v) is 8.04. The molecule has 1 fully saturated rings. The number of nitrogens with zero attached hydrogens (tertiary/aromatic N) is 2. The van der Waals surface area contributed by atoms with Gasteiger partial charge in [-0.05, 0) is 61.1 Å². The topological polar surface area (TPSA) is 16.1 Å². The van der Waals surface area contributed by atoms with Crippen LogP contribution in [-0.4, -0.2) is 18.1 Å². The predicted octanol–water partition coefficient (Wildman–Crippen LogP) is 5.86. The van der Waals surface area contributed by atoms with Crippen LogP contribution >= 0.6 is 34.5 Å². The van der Waals surface area contributed by atoms with Crippen molar-refractivity contribution in [1.29, 1.82) is 0 Å². The standard InChI is InChI=1S/C19H17Cl2N2S/c20-15-9-14(10-16(21)11-15)8-13-4-6-23(7-5-13)17-2-1-3-18-19(17)22-12-24-18/h1-3,9-11,13H,4-8H2. The zero-order valence-electron chi connectivity index (χ0n) is 13.1. The van der Waals surface area contributed by atoms with E-state index in [1.54, 1.807) is 17.4 Å². The average molecular weight is 376 g/mol. The van der Waals surface area contributed by atoms with Gasteiger partial charge in [0.2, 0.25) is 0 Å². The molecule has 1 radical (unpaired) electrons. The molecule has 4 rings (SSSR count). The minimum atomic E-state index is 0.678. The first-order valence-electron chi connectivity index (χ1n) is 8.14. The molecule has 1 aromatic heterocycles. The third kappa shape index (κ3) is 3.39. The van der Waals surface area contributed by atoms with E-state index in [2.05, 4.69) is 33.6 Å². The van der Waals surface area contributed by atoms with Crippen molar-refractivity contribution in [3.05, 3.63) is 57.5 Å². The molecular weight excluding hydrogens is 359 g/mol. The fourth-order valence-electron chi connectivity index (χ4n) is 3.52. The highest BCUT2D eigenvalue weighted by atomic mass is 35.5. The molecule has 2 heterocycles. The van der Waals surface area contributed by atoms with Gasteiger partial charge < -0.3 is 4.90 Å². The van der Waals surface area contributed by atoms with Gasteiger partial charge in [-0.1, -0.05) is 29.3 Å². The zero-order chi connectivity index (χ0) is 16.5. The Morgan fingerprint density at radius 3 is 2.62 bits per heavy atom. The third-order valence-electron chi connectivity index (χ3n) is 4.69. The lowest BCUT2D eigenvalue weighted by atomic mass is 9.90. The van der Waals surface area contributed by atoms with Gasteiger partial charge in [-0.3, -0.25) is 0 Å². The molecule has 0 aliphatic carbocycles. The van der Waals surface area contributed by atoms with E-state index >= 15 is 0 Å². The van der Waals surface area contributed by atoms with E-state index in [1.165, 1.54) is 28.8 Å². The van der Waals surface area contributed by atoms with Gasteiger partial charge in [0.15, 0.2) is 5.51 Å². The number of benzene rings is 2. The molecule has 0 spiro atoms. The lowest BCUT2D eigenvalue weighted by Crippen LogP contribution is -2.34. The lowest BCUT2D eigenvalue weighted by Gasteiger charge is -2.34. The molecule has 1 saturated heterocycles. The van der Waals surface area contributed by atoms with Crippen molar-refractivity contribution in [3.8, 4) is 0 Å². The van der Waals surface area contributed by atoms with Crippen LogP contribution in [0.4, 0.5) is 5.69 Å². The molecule has 0 amide bonds. The van der Waals surface area contributed by atoms with Crippen molar-refractivity contribution < 1.29 is 0 Å². The highest BCUT2D eigenvalue weighted by molar-refractivity contribution is 7.16. The van der Waals surface area contributed by atoms with Gasteiger partial charge >= 0.3 is 0 Å². The fraction of sp³-hybridized carbons (Fsp3) is 0.316. The van der Waals surface area contributed by atoms with E-state index in [-0.39, 0.29) is 0 Å². The summed E-state index contributed by atoms with van der Waals surface area (Å²) in [6.45, 7) is 2.13. The number of para-hydroxylation sites is 1. The molecule has 0 bridgehead atoms. The Balaban J connectivity index is 1.44. The number of aromatic nitrogens is 1. The Hall–Kier alpha value is -1.29. The van der Waals surface area contributed by atoms with Crippen LogP contribution in [0.5, 0.6) is 0 Å². The first kappa shape index (κ1) is 16.2. The second kappa shape index (κ2) is 6.91. The number of thiazole rings is 1. The van der Waals surface area contributed by atoms with Crippen LogP contribution in [0, 0.1) is 11.4 Å². The number of hydrogen-bond donors (Lipinski definition) is 0. The van der Waals surface area contributed by atoms with Crippen LogP contribution in [0.2, 0.25) is 10.0 Å². The summed E-state index contributed by atoms with van der Waals surface area (Å²) in [4.78, 5) is 6.88. The van der Waals surface area contributed by atoms with Crippen LogP contribution in [0.15, 0.2) is 36.4 Å². The van der Waals surface area contributed by atoms with E-state index in [9.17, 15) is 0 Å².